The topological polar surface area (TPSA) is 79.6 Å². The minimum absolute atomic E-state index is 0.408. The molecule has 6 heteroatoms. The van der Waals surface area contributed by atoms with Gasteiger partial charge in [-0.25, -0.2) is 0 Å². The van der Waals surface area contributed by atoms with Crippen molar-refractivity contribution in [2.45, 2.75) is 19.3 Å². The molecule has 25 heavy (non-hydrogen) atoms. The number of likely N-dealkylation sites (tertiary alicyclic amines) is 1. The molecule has 0 saturated carbocycles. The van der Waals surface area contributed by atoms with Crippen LogP contribution in [0, 0.1) is 17.2 Å². The van der Waals surface area contributed by atoms with Crippen molar-refractivity contribution in [1.29, 1.82) is 5.26 Å². The summed E-state index contributed by atoms with van der Waals surface area (Å²) < 4.78 is 10.5. The van der Waals surface area contributed by atoms with Gasteiger partial charge in [0.05, 0.1) is 20.3 Å². The molecule has 0 aromatic heterocycles. The van der Waals surface area contributed by atoms with E-state index >= 15 is 0 Å². The third kappa shape index (κ3) is 4.38. The Labute approximate surface area is 147 Å². The number of rotatable bonds is 6. The molecule has 6 nitrogen and oxygen atoms in total. The van der Waals surface area contributed by atoms with Gasteiger partial charge in [-0.3, -0.25) is 9.59 Å². The van der Waals surface area contributed by atoms with E-state index in [1.54, 1.807) is 23.1 Å². The van der Waals surface area contributed by atoms with Gasteiger partial charge in [-0.1, -0.05) is 12.1 Å². The van der Waals surface area contributed by atoms with Crippen LogP contribution in [0.1, 0.15) is 24.8 Å². The Bertz CT molecular complexity index is 700. The van der Waals surface area contributed by atoms with Gasteiger partial charge in [0.2, 0.25) is 5.91 Å². The number of ketones is 1. The molecule has 1 aromatic carbocycles. The zero-order valence-corrected chi connectivity index (χ0v) is 14.5. The van der Waals surface area contributed by atoms with Gasteiger partial charge < -0.3 is 14.4 Å². The van der Waals surface area contributed by atoms with E-state index in [4.69, 9.17) is 9.47 Å². The van der Waals surface area contributed by atoms with Crippen molar-refractivity contribution in [3.05, 3.63) is 29.8 Å². The van der Waals surface area contributed by atoms with E-state index in [0.29, 0.717) is 30.2 Å². The normalized spacial score (nSPS) is 15.5. The van der Waals surface area contributed by atoms with Crippen LogP contribution in [0.4, 0.5) is 0 Å². The maximum Gasteiger partial charge on any atom is 0.247 e. The highest BCUT2D eigenvalue weighted by molar-refractivity contribution is 6.10. The monoisotopic (exact) mass is 342 g/mol. The van der Waals surface area contributed by atoms with Crippen molar-refractivity contribution in [2.24, 2.45) is 5.92 Å². The second-order valence-electron chi connectivity index (χ2n) is 5.77. The summed E-state index contributed by atoms with van der Waals surface area (Å²) in [6.45, 7) is 1.22. The second kappa shape index (κ2) is 8.88. The molecule has 1 fully saturated rings. The predicted molar refractivity (Wildman–Crippen MR) is 93.1 cm³/mol. The highest BCUT2D eigenvalue weighted by atomic mass is 16.5. The van der Waals surface area contributed by atoms with E-state index in [9.17, 15) is 14.9 Å². The Morgan fingerprint density at radius 3 is 2.52 bits per heavy atom. The van der Waals surface area contributed by atoms with Gasteiger partial charge >= 0.3 is 0 Å². The number of carbonyl (C=O) groups is 2. The van der Waals surface area contributed by atoms with Gasteiger partial charge in [0.15, 0.2) is 23.2 Å². The minimum atomic E-state index is -1.30. The summed E-state index contributed by atoms with van der Waals surface area (Å²) in [6.07, 6.45) is 5.69. The molecule has 0 unspecified atom stereocenters. The van der Waals surface area contributed by atoms with Crippen molar-refractivity contribution in [3.8, 4) is 17.6 Å². The summed E-state index contributed by atoms with van der Waals surface area (Å²) in [5, 5.41) is 9.28. The number of nitrogens with zero attached hydrogens (tertiary/aromatic N) is 2. The van der Waals surface area contributed by atoms with Gasteiger partial charge in [-0.15, -0.1) is 0 Å². The molecule has 1 aromatic rings. The molecule has 132 valence electrons. The molecule has 0 aliphatic carbocycles. The molecule has 0 bridgehead atoms. The predicted octanol–water partition coefficient (Wildman–Crippen LogP) is 2.44. The molecule has 1 aliphatic rings. The first-order valence-corrected chi connectivity index (χ1v) is 8.23. The summed E-state index contributed by atoms with van der Waals surface area (Å²) in [6, 6.07) is 7.12. The smallest absolute Gasteiger partial charge is 0.247 e. The number of methoxy groups -OCH3 is 2. The number of piperidine rings is 1. The van der Waals surface area contributed by atoms with Crippen LogP contribution in [0.2, 0.25) is 0 Å². The lowest BCUT2D eigenvalue weighted by molar-refractivity contribution is -0.138. The third-order valence-electron chi connectivity index (χ3n) is 4.19. The highest BCUT2D eigenvalue weighted by Crippen LogP contribution is 2.31. The van der Waals surface area contributed by atoms with Crippen LogP contribution in [0.5, 0.6) is 11.5 Å². The first-order valence-electron chi connectivity index (χ1n) is 8.23. The van der Waals surface area contributed by atoms with E-state index in [-0.39, 0.29) is 0 Å². The molecule has 2 rings (SSSR count). The van der Waals surface area contributed by atoms with Crippen LogP contribution in [0.15, 0.2) is 24.3 Å². The number of amides is 1. The van der Waals surface area contributed by atoms with Crippen molar-refractivity contribution in [1.82, 2.24) is 4.90 Å². The Balaban J connectivity index is 2.15. The Hall–Kier alpha value is -2.81. The maximum atomic E-state index is 12.4. The summed E-state index contributed by atoms with van der Waals surface area (Å²) >= 11 is 0. The first-order chi connectivity index (χ1) is 12.1. The SMILES string of the molecule is COc1cccc(/C=C/C(=O)[C@@H](C#N)C(=O)N2CCCCC2)c1OC. The summed E-state index contributed by atoms with van der Waals surface area (Å²) in [7, 11) is 3.04. The Kier molecular flexibility index (Phi) is 6.58. The number of ether oxygens (including phenoxy) is 2. The average Bonchev–Trinajstić information content (AvgIpc) is 2.66. The molecule has 0 N–H and O–H groups in total. The number of para-hydroxylation sites is 1. The van der Waals surface area contributed by atoms with Crippen LogP contribution in [0.3, 0.4) is 0 Å². The largest absolute Gasteiger partial charge is 0.493 e. The lowest BCUT2D eigenvalue weighted by Crippen LogP contribution is -2.41. The minimum Gasteiger partial charge on any atom is -0.493 e. The van der Waals surface area contributed by atoms with Crippen LogP contribution in [-0.4, -0.2) is 43.9 Å². The van der Waals surface area contributed by atoms with E-state index < -0.39 is 17.6 Å². The van der Waals surface area contributed by atoms with Crippen molar-refractivity contribution in [3.63, 3.8) is 0 Å². The molecule has 1 amide bonds. The second-order valence-corrected chi connectivity index (χ2v) is 5.77. The summed E-state index contributed by atoms with van der Waals surface area (Å²) in [5.41, 5.74) is 0.636. The quantitative estimate of drug-likeness (QED) is 0.586. The summed E-state index contributed by atoms with van der Waals surface area (Å²) in [5.74, 6) is -1.20. The fourth-order valence-electron chi connectivity index (χ4n) is 2.85. The van der Waals surface area contributed by atoms with Crippen LogP contribution < -0.4 is 9.47 Å². The van der Waals surface area contributed by atoms with Crippen molar-refractivity contribution < 1.29 is 19.1 Å². The van der Waals surface area contributed by atoms with Gasteiger partial charge in [0, 0.05) is 18.7 Å². The van der Waals surface area contributed by atoms with Crippen molar-refractivity contribution in [2.75, 3.05) is 27.3 Å². The first kappa shape index (κ1) is 18.5. The van der Waals surface area contributed by atoms with Crippen LogP contribution in [-0.2, 0) is 9.59 Å². The van der Waals surface area contributed by atoms with Gasteiger partial charge in [0.1, 0.15) is 0 Å². The zero-order chi connectivity index (χ0) is 18.2. The molecule has 1 saturated heterocycles. The number of hydrogen-bond acceptors (Lipinski definition) is 5. The highest BCUT2D eigenvalue weighted by Gasteiger charge is 2.29. The molecule has 1 aliphatic heterocycles. The lowest BCUT2D eigenvalue weighted by atomic mass is 10.0. The number of allylic oxidation sites excluding steroid dienone is 1. The fourth-order valence-corrected chi connectivity index (χ4v) is 2.85. The molecular formula is C19H22N2O4. The average molecular weight is 342 g/mol. The lowest BCUT2D eigenvalue weighted by Gasteiger charge is -2.27. The Morgan fingerprint density at radius 1 is 1.20 bits per heavy atom. The zero-order valence-electron chi connectivity index (χ0n) is 14.5. The van der Waals surface area contributed by atoms with E-state index in [2.05, 4.69) is 0 Å². The molecular weight excluding hydrogens is 320 g/mol. The third-order valence-corrected chi connectivity index (χ3v) is 4.19. The number of hydrogen-bond donors (Lipinski definition) is 0. The van der Waals surface area contributed by atoms with Crippen LogP contribution >= 0.6 is 0 Å². The number of carbonyl (C=O) groups excluding carboxylic acids is 2. The van der Waals surface area contributed by atoms with Crippen LogP contribution in [0.25, 0.3) is 6.08 Å². The standard InChI is InChI=1S/C19H22N2O4/c1-24-17-8-6-7-14(18(17)25-2)9-10-16(22)15(13-20)19(23)21-11-4-3-5-12-21/h6-10,15H,3-5,11-12H2,1-2H3/b10-9+/t15-/m1/s1. The number of benzene rings is 1. The summed E-state index contributed by atoms with van der Waals surface area (Å²) in [4.78, 5) is 26.4. The fraction of sp³-hybridized carbons (Fsp3) is 0.421. The maximum absolute atomic E-state index is 12.4. The van der Waals surface area contributed by atoms with E-state index in [1.165, 1.54) is 26.4 Å². The van der Waals surface area contributed by atoms with E-state index in [1.807, 2.05) is 6.07 Å². The molecule has 0 radical (unpaired) electrons. The van der Waals surface area contributed by atoms with Gasteiger partial charge in [-0.05, 0) is 37.5 Å². The molecule has 1 heterocycles. The molecule has 0 spiro atoms. The van der Waals surface area contributed by atoms with Gasteiger partial charge in [-0.2, -0.15) is 5.26 Å². The Morgan fingerprint density at radius 2 is 1.92 bits per heavy atom. The van der Waals surface area contributed by atoms with Gasteiger partial charge in [0.25, 0.3) is 0 Å². The van der Waals surface area contributed by atoms with Crippen molar-refractivity contribution >= 4 is 17.8 Å². The van der Waals surface area contributed by atoms with E-state index in [0.717, 1.165) is 19.3 Å². The molecule has 1 atom stereocenters. The number of nitriles is 1.